The zero-order valence-corrected chi connectivity index (χ0v) is 21.6. The molecule has 0 aliphatic heterocycles. The van der Waals surface area contributed by atoms with E-state index in [0.717, 1.165) is 41.8 Å². The number of nitrogens with one attached hydrogen (secondary N) is 3. The second kappa shape index (κ2) is 13.6. The number of hydrogen-bond donors (Lipinski definition) is 3. The highest BCUT2D eigenvalue weighted by molar-refractivity contribution is 14.0. The lowest BCUT2D eigenvalue weighted by Gasteiger charge is -2.12. The summed E-state index contributed by atoms with van der Waals surface area (Å²) in [4.78, 5) is 20.5. The number of amides is 1. The molecule has 0 bridgehead atoms. The van der Waals surface area contributed by atoms with Gasteiger partial charge in [0.1, 0.15) is 0 Å². The third-order valence-corrected chi connectivity index (χ3v) is 4.92. The van der Waals surface area contributed by atoms with Crippen LogP contribution in [-0.2, 0) is 19.4 Å². The number of aryl methyl sites for hydroxylation is 1. The van der Waals surface area contributed by atoms with E-state index in [2.05, 4.69) is 38.0 Å². The number of benzene rings is 2. The summed E-state index contributed by atoms with van der Waals surface area (Å²) in [5.74, 6) is 1.90. The van der Waals surface area contributed by atoms with Gasteiger partial charge in [0.25, 0.3) is 11.8 Å². The van der Waals surface area contributed by atoms with Crippen molar-refractivity contribution in [1.82, 2.24) is 26.1 Å². The minimum Gasteiger partial charge on any atom is -0.356 e. The molecule has 0 unspecified atom stereocenters. The van der Waals surface area contributed by atoms with Crippen LogP contribution in [0.1, 0.15) is 40.7 Å². The van der Waals surface area contributed by atoms with Gasteiger partial charge >= 0.3 is 0 Å². The van der Waals surface area contributed by atoms with Crippen molar-refractivity contribution in [3.05, 3.63) is 71.0 Å². The summed E-state index contributed by atoms with van der Waals surface area (Å²) >= 11 is 0. The van der Waals surface area contributed by atoms with Gasteiger partial charge < -0.3 is 20.5 Å². The fourth-order valence-corrected chi connectivity index (χ4v) is 3.25. The Hall–Kier alpha value is -2.95. The summed E-state index contributed by atoms with van der Waals surface area (Å²) < 4.78 is 5.39. The van der Waals surface area contributed by atoms with Crippen molar-refractivity contribution in [2.75, 3.05) is 20.6 Å². The highest BCUT2D eigenvalue weighted by atomic mass is 127. The zero-order chi connectivity index (χ0) is 22.8. The molecule has 1 amide bonds. The molecule has 8 nitrogen and oxygen atoms in total. The molecule has 3 rings (SSSR count). The number of guanidine groups is 1. The molecule has 1 aromatic heterocycles. The van der Waals surface area contributed by atoms with Gasteiger partial charge in [-0.1, -0.05) is 36.3 Å². The van der Waals surface area contributed by atoms with Crippen molar-refractivity contribution in [1.29, 1.82) is 0 Å². The van der Waals surface area contributed by atoms with Gasteiger partial charge in [-0.3, -0.25) is 9.79 Å². The molecule has 0 aliphatic carbocycles. The number of hydrogen-bond acceptors (Lipinski definition) is 5. The Morgan fingerprint density at radius 3 is 2.61 bits per heavy atom. The molecule has 0 spiro atoms. The van der Waals surface area contributed by atoms with Gasteiger partial charge in [-0.15, -0.1) is 24.0 Å². The number of carbonyl (C=O) groups is 1. The Morgan fingerprint density at radius 2 is 1.85 bits per heavy atom. The molecular formula is C24H31IN6O2. The van der Waals surface area contributed by atoms with Crippen LogP contribution in [-0.4, -0.2) is 42.6 Å². The maximum atomic E-state index is 11.8. The normalized spacial score (nSPS) is 10.9. The summed E-state index contributed by atoms with van der Waals surface area (Å²) in [6.45, 7) is 3.39. The fourth-order valence-electron chi connectivity index (χ4n) is 3.25. The highest BCUT2D eigenvalue weighted by Crippen LogP contribution is 2.19. The number of aromatic nitrogens is 2. The van der Waals surface area contributed by atoms with Gasteiger partial charge in [-0.25, -0.2) is 0 Å². The Balaban J connectivity index is 0.00000385. The molecule has 9 heteroatoms. The van der Waals surface area contributed by atoms with E-state index in [0.29, 0.717) is 30.5 Å². The lowest BCUT2D eigenvalue weighted by atomic mass is 10.1. The van der Waals surface area contributed by atoms with E-state index in [1.807, 2.05) is 48.5 Å². The quantitative estimate of drug-likeness (QED) is 0.209. The molecule has 2 aromatic carbocycles. The lowest BCUT2D eigenvalue weighted by molar-refractivity contribution is 0.0963. The summed E-state index contributed by atoms with van der Waals surface area (Å²) in [5, 5.41) is 13.3. The SMILES string of the molecule is CCCc1noc(-c2cccc(CNC(=NC)NCCc3cccc(C(=O)NC)c3)c2)n1.I. The predicted molar refractivity (Wildman–Crippen MR) is 141 cm³/mol. The van der Waals surface area contributed by atoms with Crippen molar-refractivity contribution >= 4 is 35.8 Å². The molecule has 0 fully saturated rings. The molecule has 0 aliphatic rings. The van der Waals surface area contributed by atoms with Crippen LogP contribution in [0.2, 0.25) is 0 Å². The standard InChI is InChI=1S/C24H30N6O2.HI/c1-4-7-21-29-23(32-30-21)20-11-6-9-18(15-20)16-28-24(26-3)27-13-12-17-8-5-10-19(14-17)22(31)25-2;/h5-6,8-11,14-15H,4,7,12-13,16H2,1-3H3,(H,25,31)(H2,26,27,28);1H. The summed E-state index contributed by atoms with van der Waals surface area (Å²) in [5.41, 5.74) is 3.73. The van der Waals surface area contributed by atoms with Crippen LogP contribution in [0.4, 0.5) is 0 Å². The lowest BCUT2D eigenvalue weighted by Crippen LogP contribution is -2.37. The number of halogens is 1. The smallest absolute Gasteiger partial charge is 0.257 e. The molecule has 3 N–H and O–H groups in total. The van der Waals surface area contributed by atoms with E-state index < -0.39 is 0 Å². The topological polar surface area (TPSA) is 104 Å². The van der Waals surface area contributed by atoms with Crippen molar-refractivity contribution in [3.8, 4) is 11.5 Å². The third kappa shape index (κ3) is 7.85. The van der Waals surface area contributed by atoms with Gasteiger partial charge in [-0.05, 0) is 48.2 Å². The van der Waals surface area contributed by atoms with Crippen LogP contribution in [0, 0.1) is 0 Å². The first-order valence-corrected chi connectivity index (χ1v) is 10.8. The zero-order valence-electron chi connectivity index (χ0n) is 19.2. The second-order valence-electron chi connectivity index (χ2n) is 7.35. The number of aliphatic imine (C=N–C) groups is 1. The number of rotatable bonds is 9. The maximum Gasteiger partial charge on any atom is 0.257 e. The van der Waals surface area contributed by atoms with Crippen LogP contribution < -0.4 is 16.0 Å². The van der Waals surface area contributed by atoms with E-state index in [4.69, 9.17) is 4.52 Å². The molecule has 33 heavy (non-hydrogen) atoms. The molecule has 1 heterocycles. The molecular weight excluding hydrogens is 531 g/mol. The van der Waals surface area contributed by atoms with Crippen LogP contribution >= 0.6 is 24.0 Å². The minimum atomic E-state index is -0.0818. The summed E-state index contributed by atoms with van der Waals surface area (Å²) in [6.07, 6.45) is 2.57. The predicted octanol–water partition coefficient (Wildman–Crippen LogP) is 3.57. The maximum absolute atomic E-state index is 11.8. The Morgan fingerprint density at radius 1 is 1.06 bits per heavy atom. The van der Waals surface area contributed by atoms with E-state index in [1.54, 1.807) is 14.1 Å². The molecule has 0 saturated carbocycles. The molecule has 0 radical (unpaired) electrons. The van der Waals surface area contributed by atoms with Crippen LogP contribution in [0.3, 0.4) is 0 Å². The number of nitrogens with zero attached hydrogens (tertiary/aromatic N) is 3. The van der Waals surface area contributed by atoms with E-state index in [9.17, 15) is 4.79 Å². The van der Waals surface area contributed by atoms with E-state index in [1.165, 1.54) is 0 Å². The van der Waals surface area contributed by atoms with Gasteiger partial charge in [0.05, 0.1) is 0 Å². The van der Waals surface area contributed by atoms with E-state index in [-0.39, 0.29) is 29.9 Å². The van der Waals surface area contributed by atoms with Crippen LogP contribution in [0.5, 0.6) is 0 Å². The Labute approximate surface area is 211 Å². The molecule has 0 saturated heterocycles. The van der Waals surface area contributed by atoms with Crippen molar-refractivity contribution in [2.24, 2.45) is 4.99 Å². The van der Waals surface area contributed by atoms with E-state index >= 15 is 0 Å². The van der Waals surface area contributed by atoms with Gasteiger partial charge in [0.2, 0.25) is 0 Å². The average molecular weight is 562 g/mol. The number of carbonyl (C=O) groups excluding carboxylic acids is 1. The summed E-state index contributed by atoms with van der Waals surface area (Å²) in [7, 11) is 3.37. The first kappa shape index (κ1) is 26.3. The van der Waals surface area contributed by atoms with Crippen LogP contribution in [0.15, 0.2) is 58.0 Å². The fraction of sp³-hybridized carbons (Fsp3) is 0.333. The van der Waals surface area contributed by atoms with Gasteiger partial charge in [-0.2, -0.15) is 4.98 Å². The Kier molecular flexibility index (Phi) is 10.8. The first-order valence-electron chi connectivity index (χ1n) is 10.8. The van der Waals surface area contributed by atoms with Crippen molar-refractivity contribution in [2.45, 2.75) is 32.7 Å². The largest absolute Gasteiger partial charge is 0.356 e. The third-order valence-electron chi connectivity index (χ3n) is 4.92. The Bertz CT molecular complexity index is 1070. The average Bonchev–Trinajstić information content (AvgIpc) is 3.30. The highest BCUT2D eigenvalue weighted by Gasteiger charge is 2.09. The monoisotopic (exact) mass is 562 g/mol. The minimum absolute atomic E-state index is 0. The van der Waals surface area contributed by atoms with Crippen molar-refractivity contribution in [3.63, 3.8) is 0 Å². The van der Waals surface area contributed by atoms with Gasteiger partial charge in [0.15, 0.2) is 11.8 Å². The summed E-state index contributed by atoms with van der Waals surface area (Å²) in [6, 6.07) is 15.6. The first-order chi connectivity index (χ1) is 15.6. The molecule has 0 atom stereocenters. The van der Waals surface area contributed by atoms with Gasteiger partial charge in [0, 0.05) is 44.7 Å². The van der Waals surface area contributed by atoms with Crippen molar-refractivity contribution < 1.29 is 9.32 Å². The van der Waals surface area contributed by atoms with Crippen LogP contribution in [0.25, 0.3) is 11.5 Å². The molecule has 3 aromatic rings. The molecule has 176 valence electrons. The second-order valence-corrected chi connectivity index (χ2v) is 7.35.